The highest BCUT2D eigenvalue weighted by atomic mass is 32.1. The number of hydrogen-bond donors (Lipinski definition) is 1. The normalized spacial score (nSPS) is 13.3. The first kappa shape index (κ1) is 22.3. The number of amides is 1. The van der Waals surface area contributed by atoms with Crippen LogP contribution in [0.2, 0.25) is 0 Å². The Bertz CT molecular complexity index is 1340. The molecule has 6 nitrogen and oxygen atoms in total. The van der Waals surface area contributed by atoms with Crippen molar-refractivity contribution in [3.05, 3.63) is 52.0 Å². The number of alkyl halides is 2. The molecule has 0 saturated carbocycles. The summed E-state index contributed by atoms with van der Waals surface area (Å²) in [6, 6.07) is 5.98. The molecule has 9 heteroatoms. The van der Waals surface area contributed by atoms with E-state index in [-0.39, 0.29) is 17.1 Å². The summed E-state index contributed by atoms with van der Waals surface area (Å²) in [5.41, 5.74) is 2.18. The number of imidazole rings is 1. The van der Waals surface area contributed by atoms with Crippen LogP contribution in [-0.4, -0.2) is 25.4 Å². The Morgan fingerprint density at radius 3 is 2.47 bits per heavy atom. The second-order valence-electron chi connectivity index (χ2n) is 8.92. The Hall–Kier alpha value is -2.94. The summed E-state index contributed by atoms with van der Waals surface area (Å²) in [5, 5.41) is 3.70. The lowest BCUT2D eigenvalue weighted by Crippen LogP contribution is -2.28. The average Bonchev–Trinajstić information content (AvgIpc) is 3.26. The van der Waals surface area contributed by atoms with Crippen LogP contribution < -0.4 is 5.32 Å². The fourth-order valence-corrected chi connectivity index (χ4v) is 4.93. The number of rotatable bonds is 4. The van der Waals surface area contributed by atoms with Gasteiger partial charge in [-0.1, -0.05) is 32.9 Å². The van der Waals surface area contributed by atoms with Crippen LogP contribution in [0, 0.1) is 13.8 Å². The maximum Gasteiger partial charge on any atom is 0.320 e. The van der Waals surface area contributed by atoms with Gasteiger partial charge in [0.1, 0.15) is 16.5 Å². The molecule has 4 rings (SSSR count). The molecule has 0 spiro atoms. The van der Waals surface area contributed by atoms with Crippen LogP contribution in [0.15, 0.2) is 24.3 Å². The lowest BCUT2D eigenvalue weighted by molar-refractivity contribution is 0.0688. The summed E-state index contributed by atoms with van der Waals surface area (Å²) in [6.45, 7) is 8.78. The molecular weight excluding hydrogens is 432 g/mol. The highest BCUT2D eigenvalue weighted by Crippen LogP contribution is 2.34. The summed E-state index contributed by atoms with van der Waals surface area (Å²) in [7, 11) is 0. The molecule has 0 bridgehead atoms. The van der Waals surface area contributed by atoms with Crippen molar-refractivity contribution in [1.82, 2.24) is 24.8 Å². The van der Waals surface area contributed by atoms with Crippen LogP contribution >= 0.6 is 11.3 Å². The first-order valence-electron chi connectivity index (χ1n) is 10.3. The molecule has 0 fully saturated rings. The maximum atomic E-state index is 13.8. The zero-order valence-electron chi connectivity index (χ0n) is 18.8. The second kappa shape index (κ2) is 7.88. The van der Waals surface area contributed by atoms with Crippen molar-refractivity contribution in [2.24, 2.45) is 0 Å². The van der Waals surface area contributed by atoms with Crippen LogP contribution in [0.3, 0.4) is 0 Å². The zero-order chi connectivity index (χ0) is 23.4. The highest BCUT2D eigenvalue weighted by molar-refractivity contribution is 7.20. The number of aryl methyl sites for hydroxylation is 2. The number of hydrogen-bond acceptors (Lipinski definition) is 5. The molecule has 1 atom stereocenters. The minimum Gasteiger partial charge on any atom is -0.342 e. The topological polar surface area (TPSA) is 72.7 Å². The molecular formula is C23H25F2N5OS. The maximum absolute atomic E-state index is 13.8. The molecule has 1 amide bonds. The van der Waals surface area contributed by atoms with Gasteiger partial charge in [0, 0.05) is 10.8 Å². The molecule has 4 aromatic rings. The molecule has 0 aliphatic carbocycles. The number of benzene rings is 1. The van der Waals surface area contributed by atoms with Crippen molar-refractivity contribution in [3.8, 4) is 0 Å². The van der Waals surface area contributed by atoms with Gasteiger partial charge in [0.2, 0.25) is 0 Å². The Balaban J connectivity index is 1.70. The minimum atomic E-state index is -2.77. The van der Waals surface area contributed by atoms with Gasteiger partial charge >= 0.3 is 6.55 Å². The second-order valence-corrected chi connectivity index (χ2v) is 9.92. The third kappa shape index (κ3) is 3.74. The average molecular weight is 458 g/mol. The monoisotopic (exact) mass is 457 g/mol. The smallest absolute Gasteiger partial charge is 0.320 e. The van der Waals surface area contributed by atoms with Gasteiger partial charge in [0.25, 0.3) is 5.91 Å². The van der Waals surface area contributed by atoms with Crippen LogP contribution in [0.4, 0.5) is 8.78 Å². The SMILES string of the molecule is Cc1nc(C(C)(C)C)nc2sc(C(=O)NC(C)c3nc4ccccc4n3C(F)F)c(C)c12. The number of halogens is 2. The Kier molecular flexibility index (Phi) is 5.48. The van der Waals surface area contributed by atoms with E-state index in [1.165, 1.54) is 11.3 Å². The predicted octanol–water partition coefficient (Wildman–Crippen LogP) is 5.84. The number of thiophene rings is 1. The van der Waals surface area contributed by atoms with E-state index in [0.717, 1.165) is 31.9 Å². The van der Waals surface area contributed by atoms with Crippen molar-refractivity contribution in [2.45, 2.75) is 59.5 Å². The van der Waals surface area contributed by atoms with E-state index in [2.05, 4.69) is 20.3 Å². The molecule has 0 aliphatic heterocycles. The van der Waals surface area contributed by atoms with E-state index in [9.17, 15) is 13.6 Å². The van der Waals surface area contributed by atoms with Gasteiger partial charge in [-0.25, -0.2) is 15.0 Å². The van der Waals surface area contributed by atoms with E-state index >= 15 is 0 Å². The van der Waals surface area contributed by atoms with Crippen molar-refractivity contribution >= 4 is 38.5 Å². The van der Waals surface area contributed by atoms with Gasteiger partial charge in [-0.05, 0) is 38.5 Å². The quantitative estimate of drug-likeness (QED) is 0.418. The van der Waals surface area contributed by atoms with E-state index in [1.54, 1.807) is 31.2 Å². The molecule has 0 radical (unpaired) electrons. The number of para-hydroxylation sites is 2. The van der Waals surface area contributed by atoms with Crippen molar-refractivity contribution in [2.75, 3.05) is 0 Å². The molecule has 0 saturated heterocycles. The zero-order valence-corrected chi connectivity index (χ0v) is 19.6. The first-order valence-corrected chi connectivity index (χ1v) is 11.1. The first-order chi connectivity index (χ1) is 15.0. The lowest BCUT2D eigenvalue weighted by atomic mass is 9.95. The van der Waals surface area contributed by atoms with E-state index in [0.29, 0.717) is 15.9 Å². The van der Waals surface area contributed by atoms with Crippen LogP contribution in [0.1, 0.15) is 72.9 Å². The number of fused-ring (bicyclic) bond motifs is 2. The van der Waals surface area contributed by atoms with Crippen LogP contribution in [0.25, 0.3) is 21.3 Å². The van der Waals surface area contributed by atoms with Crippen molar-refractivity contribution in [1.29, 1.82) is 0 Å². The molecule has 1 N–H and O–H groups in total. The van der Waals surface area contributed by atoms with Gasteiger partial charge < -0.3 is 5.32 Å². The molecule has 1 unspecified atom stereocenters. The third-order valence-electron chi connectivity index (χ3n) is 5.40. The molecule has 1 aromatic carbocycles. The van der Waals surface area contributed by atoms with Gasteiger partial charge in [-0.15, -0.1) is 11.3 Å². The van der Waals surface area contributed by atoms with Gasteiger partial charge in [-0.3, -0.25) is 9.36 Å². The summed E-state index contributed by atoms with van der Waals surface area (Å²) in [4.78, 5) is 28.0. The molecule has 3 heterocycles. The third-order valence-corrected chi connectivity index (χ3v) is 6.59. The molecule has 0 aliphatic rings. The Morgan fingerprint density at radius 2 is 1.81 bits per heavy atom. The Labute approximate surface area is 188 Å². The van der Waals surface area contributed by atoms with E-state index in [4.69, 9.17) is 0 Å². The predicted molar refractivity (Wildman–Crippen MR) is 122 cm³/mol. The summed E-state index contributed by atoms with van der Waals surface area (Å²) >= 11 is 1.29. The number of nitrogens with one attached hydrogen (secondary N) is 1. The highest BCUT2D eigenvalue weighted by Gasteiger charge is 2.26. The van der Waals surface area contributed by atoms with Crippen molar-refractivity contribution < 1.29 is 13.6 Å². The molecule has 168 valence electrons. The van der Waals surface area contributed by atoms with Gasteiger partial charge in [0.15, 0.2) is 0 Å². The van der Waals surface area contributed by atoms with Gasteiger partial charge in [-0.2, -0.15) is 8.78 Å². The fraction of sp³-hybridized carbons (Fsp3) is 0.391. The molecule has 32 heavy (non-hydrogen) atoms. The lowest BCUT2D eigenvalue weighted by Gasteiger charge is -2.16. The summed E-state index contributed by atoms with van der Waals surface area (Å²) in [6.07, 6.45) is 0. The number of aromatic nitrogens is 4. The summed E-state index contributed by atoms with van der Waals surface area (Å²) in [5.74, 6) is 0.483. The standard InChI is InChI=1S/C23H25F2N5OS/c1-11-16-12(2)27-21(23(4,5)6)29-20(16)32-17(11)19(31)26-13(3)18-28-14-9-7-8-10-15(14)30(18)22(24)25/h7-10,13,22H,1-6H3,(H,26,31). The number of carbonyl (C=O) groups excluding carboxylic acids is 1. The number of nitrogens with zero attached hydrogens (tertiary/aromatic N) is 4. The Morgan fingerprint density at radius 1 is 1.12 bits per heavy atom. The number of carbonyl (C=O) groups is 1. The van der Waals surface area contributed by atoms with E-state index in [1.807, 2.05) is 34.6 Å². The summed E-state index contributed by atoms with van der Waals surface area (Å²) < 4.78 is 28.4. The van der Waals surface area contributed by atoms with Crippen LogP contribution in [-0.2, 0) is 5.41 Å². The fourth-order valence-electron chi connectivity index (χ4n) is 3.79. The molecule has 3 aromatic heterocycles. The van der Waals surface area contributed by atoms with Crippen LogP contribution in [0.5, 0.6) is 0 Å². The van der Waals surface area contributed by atoms with Crippen molar-refractivity contribution in [3.63, 3.8) is 0 Å². The van der Waals surface area contributed by atoms with E-state index < -0.39 is 12.6 Å². The largest absolute Gasteiger partial charge is 0.342 e. The van der Waals surface area contributed by atoms with Gasteiger partial charge in [0.05, 0.1) is 27.6 Å². The minimum absolute atomic E-state index is 0.110.